The third-order valence-corrected chi connectivity index (χ3v) is 4.59. The SMILES string of the molecule is CCCNC(=O)c1ccccc1NC(=O)c1cc(Br)ccc1OCCC(C)C. The Kier molecular flexibility index (Phi) is 8.51. The van der Waals surface area contributed by atoms with Crippen molar-refractivity contribution in [3.05, 3.63) is 58.1 Å². The van der Waals surface area contributed by atoms with Gasteiger partial charge in [0.25, 0.3) is 11.8 Å². The monoisotopic (exact) mass is 446 g/mol. The molecule has 150 valence electrons. The summed E-state index contributed by atoms with van der Waals surface area (Å²) < 4.78 is 6.61. The van der Waals surface area contributed by atoms with Crippen molar-refractivity contribution in [2.24, 2.45) is 5.92 Å². The third-order valence-electron chi connectivity index (χ3n) is 4.09. The summed E-state index contributed by atoms with van der Waals surface area (Å²) in [6.07, 6.45) is 1.74. The number of hydrogen-bond donors (Lipinski definition) is 2. The van der Waals surface area contributed by atoms with Crippen LogP contribution in [0.2, 0.25) is 0 Å². The molecule has 0 atom stereocenters. The summed E-state index contributed by atoms with van der Waals surface area (Å²) in [5, 5.41) is 5.69. The van der Waals surface area contributed by atoms with Gasteiger partial charge in [-0.2, -0.15) is 0 Å². The molecule has 0 radical (unpaired) electrons. The van der Waals surface area contributed by atoms with E-state index in [-0.39, 0.29) is 11.8 Å². The predicted octanol–water partition coefficient (Wildman–Crippen LogP) is 5.27. The lowest BCUT2D eigenvalue weighted by Crippen LogP contribution is -2.26. The average molecular weight is 447 g/mol. The second-order valence-electron chi connectivity index (χ2n) is 6.93. The number of para-hydroxylation sites is 1. The number of anilines is 1. The Labute approximate surface area is 175 Å². The van der Waals surface area contributed by atoms with Crippen molar-refractivity contribution in [2.75, 3.05) is 18.5 Å². The predicted molar refractivity (Wildman–Crippen MR) is 116 cm³/mol. The van der Waals surface area contributed by atoms with Gasteiger partial charge in [-0.25, -0.2) is 0 Å². The van der Waals surface area contributed by atoms with Crippen LogP contribution in [0.25, 0.3) is 0 Å². The van der Waals surface area contributed by atoms with E-state index in [4.69, 9.17) is 4.74 Å². The zero-order chi connectivity index (χ0) is 20.5. The first-order valence-electron chi connectivity index (χ1n) is 9.53. The van der Waals surface area contributed by atoms with Crippen molar-refractivity contribution in [3.8, 4) is 5.75 Å². The van der Waals surface area contributed by atoms with Crippen LogP contribution < -0.4 is 15.4 Å². The Balaban J connectivity index is 2.21. The number of rotatable bonds is 9. The molecule has 0 aromatic heterocycles. The smallest absolute Gasteiger partial charge is 0.259 e. The largest absolute Gasteiger partial charge is 0.493 e. The number of carbonyl (C=O) groups is 2. The van der Waals surface area contributed by atoms with E-state index in [0.717, 1.165) is 17.3 Å². The van der Waals surface area contributed by atoms with E-state index in [9.17, 15) is 9.59 Å². The molecule has 0 aliphatic carbocycles. The maximum absolute atomic E-state index is 12.9. The lowest BCUT2D eigenvalue weighted by Gasteiger charge is -2.15. The van der Waals surface area contributed by atoms with E-state index in [1.807, 2.05) is 13.0 Å². The second kappa shape index (κ2) is 10.9. The molecule has 0 saturated heterocycles. The van der Waals surface area contributed by atoms with Gasteiger partial charge < -0.3 is 15.4 Å². The minimum absolute atomic E-state index is 0.208. The molecule has 2 aromatic rings. The number of halogens is 1. The zero-order valence-electron chi connectivity index (χ0n) is 16.5. The van der Waals surface area contributed by atoms with Crippen LogP contribution >= 0.6 is 15.9 Å². The molecule has 0 bridgehead atoms. The number of benzene rings is 2. The van der Waals surface area contributed by atoms with Crippen LogP contribution in [-0.2, 0) is 0 Å². The van der Waals surface area contributed by atoms with Gasteiger partial charge in [0.1, 0.15) is 5.75 Å². The average Bonchev–Trinajstić information content (AvgIpc) is 2.67. The van der Waals surface area contributed by atoms with E-state index in [1.54, 1.807) is 36.4 Å². The quantitative estimate of drug-likeness (QED) is 0.551. The Hall–Kier alpha value is -2.34. The maximum atomic E-state index is 12.9. The minimum atomic E-state index is -0.323. The summed E-state index contributed by atoms with van der Waals surface area (Å²) in [6, 6.07) is 12.3. The van der Waals surface area contributed by atoms with Crippen LogP contribution in [0, 0.1) is 5.92 Å². The number of nitrogens with one attached hydrogen (secondary N) is 2. The van der Waals surface area contributed by atoms with Gasteiger partial charge in [0, 0.05) is 11.0 Å². The zero-order valence-corrected chi connectivity index (χ0v) is 18.1. The molecule has 5 nitrogen and oxygen atoms in total. The van der Waals surface area contributed by atoms with E-state index in [1.165, 1.54) is 0 Å². The van der Waals surface area contributed by atoms with Crippen LogP contribution in [0.1, 0.15) is 54.3 Å². The van der Waals surface area contributed by atoms with Crippen LogP contribution in [0.3, 0.4) is 0 Å². The van der Waals surface area contributed by atoms with Crippen LogP contribution in [-0.4, -0.2) is 25.0 Å². The Morgan fingerprint density at radius 2 is 1.82 bits per heavy atom. The van der Waals surface area contributed by atoms with Crippen LogP contribution in [0.15, 0.2) is 46.9 Å². The molecule has 28 heavy (non-hydrogen) atoms. The summed E-state index contributed by atoms with van der Waals surface area (Å²) in [5.41, 5.74) is 1.32. The summed E-state index contributed by atoms with van der Waals surface area (Å²) in [5.74, 6) is 0.507. The summed E-state index contributed by atoms with van der Waals surface area (Å²) in [4.78, 5) is 25.3. The van der Waals surface area contributed by atoms with E-state index in [2.05, 4.69) is 40.4 Å². The second-order valence-corrected chi connectivity index (χ2v) is 7.84. The standard InChI is InChI=1S/C22H27BrN2O3/c1-4-12-24-21(26)17-7-5-6-8-19(17)25-22(27)18-14-16(23)9-10-20(18)28-13-11-15(2)3/h5-10,14-15H,4,11-13H2,1-3H3,(H,24,26)(H,25,27). The van der Waals surface area contributed by atoms with Crippen molar-refractivity contribution in [1.29, 1.82) is 0 Å². The molecule has 2 amide bonds. The topological polar surface area (TPSA) is 67.4 Å². The van der Waals surface area contributed by atoms with Gasteiger partial charge in [-0.3, -0.25) is 9.59 Å². The highest BCUT2D eigenvalue weighted by atomic mass is 79.9. The Bertz CT molecular complexity index is 821. The van der Waals surface area contributed by atoms with Gasteiger partial charge in [0.2, 0.25) is 0 Å². The Morgan fingerprint density at radius 1 is 1.07 bits per heavy atom. The molecule has 2 N–H and O–H groups in total. The summed E-state index contributed by atoms with van der Waals surface area (Å²) >= 11 is 3.41. The molecule has 6 heteroatoms. The number of hydrogen-bond acceptors (Lipinski definition) is 3. The highest BCUT2D eigenvalue weighted by molar-refractivity contribution is 9.10. The summed E-state index contributed by atoms with van der Waals surface area (Å²) in [7, 11) is 0. The fourth-order valence-corrected chi connectivity index (χ4v) is 2.88. The van der Waals surface area contributed by atoms with Crippen LogP contribution in [0.4, 0.5) is 5.69 Å². The molecular formula is C22H27BrN2O3. The van der Waals surface area contributed by atoms with Crippen molar-refractivity contribution in [1.82, 2.24) is 5.32 Å². The first kappa shape index (κ1) is 22.0. The van der Waals surface area contributed by atoms with Gasteiger partial charge in [-0.05, 0) is 49.1 Å². The van der Waals surface area contributed by atoms with Crippen molar-refractivity contribution < 1.29 is 14.3 Å². The van der Waals surface area contributed by atoms with Gasteiger partial charge >= 0.3 is 0 Å². The van der Waals surface area contributed by atoms with E-state index < -0.39 is 0 Å². The fraction of sp³-hybridized carbons (Fsp3) is 0.364. The number of ether oxygens (including phenoxy) is 1. The van der Waals surface area contributed by atoms with Crippen LogP contribution in [0.5, 0.6) is 5.75 Å². The molecule has 0 aliphatic rings. The molecule has 2 rings (SSSR count). The number of amides is 2. The first-order chi connectivity index (χ1) is 13.4. The van der Waals surface area contributed by atoms with Gasteiger partial charge in [-0.1, -0.05) is 48.8 Å². The molecule has 0 unspecified atom stereocenters. The Morgan fingerprint density at radius 3 is 2.54 bits per heavy atom. The fourth-order valence-electron chi connectivity index (χ4n) is 2.52. The van der Waals surface area contributed by atoms with Crippen molar-refractivity contribution in [3.63, 3.8) is 0 Å². The van der Waals surface area contributed by atoms with E-state index in [0.29, 0.717) is 41.6 Å². The van der Waals surface area contributed by atoms with Gasteiger partial charge in [0.15, 0.2) is 0 Å². The first-order valence-corrected chi connectivity index (χ1v) is 10.3. The highest BCUT2D eigenvalue weighted by Gasteiger charge is 2.17. The maximum Gasteiger partial charge on any atom is 0.259 e. The molecule has 0 fully saturated rings. The molecule has 0 aliphatic heterocycles. The third kappa shape index (κ3) is 6.37. The number of carbonyl (C=O) groups excluding carboxylic acids is 2. The van der Waals surface area contributed by atoms with Crippen molar-refractivity contribution in [2.45, 2.75) is 33.6 Å². The lowest BCUT2D eigenvalue weighted by molar-refractivity contribution is 0.0954. The van der Waals surface area contributed by atoms with Gasteiger partial charge in [0.05, 0.1) is 23.4 Å². The molecule has 0 heterocycles. The normalized spacial score (nSPS) is 10.6. The molecule has 2 aromatic carbocycles. The molecular weight excluding hydrogens is 420 g/mol. The lowest BCUT2D eigenvalue weighted by atomic mass is 10.1. The highest BCUT2D eigenvalue weighted by Crippen LogP contribution is 2.26. The summed E-state index contributed by atoms with van der Waals surface area (Å²) in [6.45, 7) is 7.36. The van der Waals surface area contributed by atoms with Crippen molar-refractivity contribution >= 4 is 33.4 Å². The molecule has 0 saturated carbocycles. The minimum Gasteiger partial charge on any atom is -0.493 e. The van der Waals surface area contributed by atoms with E-state index >= 15 is 0 Å². The molecule has 0 spiro atoms. The van der Waals surface area contributed by atoms with Gasteiger partial charge in [-0.15, -0.1) is 0 Å².